The van der Waals surface area contributed by atoms with Crippen molar-refractivity contribution in [1.29, 1.82) is 0 Å². The summed E-state index contributed by atoms with van der Waals surface area (Å²) in [4.78, 5) is 0. The molecule has 0 spiro atoms. The Bertz CT molecular complexity index is 112. The first-order chi connectivity index (χ1) is 5.81. The van der Waals surface area contributed by atoms with Crippen LogP contribution >= 0.6 is 12.2 Å². The van der Waals surface area contributed by atoms with Crippen molar-refractivity contribution in [1.82, 2.24) is 0 Å². The summed E-state index contributed by atoms with van der Waals surface area (Å²) < 4.78 is 5.18. The Morgan fingerprint density at radius 2 is 1.75 bits per heavy atom. The maximum atomic E-state index is 5.18. The lowest BCUT2D eigenvalue weighted by molar-refractivity contribution is 0.325. The predicted octanol–water partition coefficient (Wildman–Crippen LogP) is 3.71. The van der Waals surface area contributed by atoms with Crippen LogP contribution in [-0.4, -0.2) is 11.7 Å². The van der Waals surface area contributed by atoms with Gasteiger partial charge in [0.2, 0.25) is 0 Å². The maximum Gasteiger partial charge on any atom is 0.159 e. The molecule has 0 aromatic carbocycles. The highest BCUT2D eigenvalue weighted by Gasteiger charge is 1.95. The first-order valence-corrected chi connectivity index (χ1v) is 5.37. The zero-order valence-electron chi connectivity index (χ0n) is 8.27. The van der Waals surface area contributed by atoms with Crippen molar-refractivity contribution in [3.8, 4) is 0 Å². The summed E-state index contributed by atoms with van der Waals surface area (Å²) in [5.74, 6) is 0. The molecular weight excluding hydrogens is 168 g/mol. The van der Waals surface area contributed by atoms with Gasteiger partial charge < -0.3 is 4.74 Å². The first kappa shape index (κ1) is 11.9. The van der Waals surface area contributed by atoms with Crippen LogP contribution in [0, 0.1) is 0 Å². The second kappa shape index (κ2) is 8.98. The molecule has 0 N–H and O–H groups in total. The van der Waals surface area contributed by atoms with Gasteiger partial charge in [0.1, 0.15) is 0 Å². The van der Waals surface area contributed by atoms with Gasteiger partial charge in [0.15, 0.2) is 5.05 Å². The third-order valence-corrected chi connectivity index (χ3v) is 2.11. The topological polar surface area (TPSA) is 9.23 Å². The van der Waals surface area contributed by atoms with Crippen molar-refractivity contribution >= 4 is 17.3 Å². The summed E-state index contributed by atoms with van der Waals surface area (Å²) in [7, 11) is 0. The molecule has 0 fully saturated rings. The van der Waals surface area contributed by atoms with E-state index >= 15 is 0 Å². The summed E-state index contributed by atoms with van der Waals surface area (Å²) in [6.07, 6.45) is 7.44. The SMILES string of the molecule is CCCCCCCC(=S)OCC. The van der Waals surface area contributed by atoms with Crippen molar-refractivity contribution in [3.63, 3.8) is 0 Å². The fourth-order valence-electron chi connectivity index (χ4n) is 1.11. The van der Waals surface area contributed by atoms with E-state index in [2.05, 4.69) is 6.92 Å². The lowest BCUT2D eigenvalue weighted by Gasteiger charge is -2.03. The molecule has 0 saturated heterocycles. The van der Waals surface area contributed by atoms with Gasteiger partial charge in [-0.15, -0.1) is 0 Å². The van der Waals surface area contributed by atoms with Crippen molar-refractivity contribution in [2.75, 3.05) is 6.61 Å². The second-order valence-electron chi connectivity index (χ2n) is 2.97. The second-order valence-corrected chi connectivity index (χ2v) is 3.42. The molecule has 0 amide bonds. The van der Waals surface area contributed by atoms with Crippen molar-refractivity contribution in [2.24, 2.45) is 0 Å². The number of hydrogen-bond donors (Lipinski definition) is 0. The van der Waals surface area contributed by atoms with E-state index in [1.807, 2.05) is 6.92 Å². The minimum absolute atomic E-state index is 0.716. The monoisotopic (exact) mass is 188 g/mol. The van der Waals surface area contributed by atoms with Crippen LogP contribution in [0.1, 0.15) is 52.4 Å². The van der Waals surface area contributed by atoms with Crippen LogP contribution < -0.4 is 0 Å². The van der Waals surface area contributed by atoms with Gasteiger partial charge in [-0.25, -0.2) is 0 Å². The highest BCUT2D eigenvalue weighted by atomic mass is 32.1. The fraction of sp³-hybridized carbons (Fsp3) is 0.900. The van der Waals surface area contributed by atoms with Gasteiger partial charge in [-0.3, -0.25) is 0 Å². The normalized spacial score (nSPS) is 9.83. The Balaban J connectivity index is 3.03. The Morgan fingerprint density at radius 3 is 2.33 bits per heavy atom. The number of thiocarbonyl (C=S) groups is 1. The highest BCUT2D eigenvalue weighted by Crippen LogP contribution is 2.06. The molecule has 0 saturated carbocycles. The predicted molar refractivity (Wildman–Crippen MR) is 57.6 cm³/mol. The summed E-state index contributed by atoms with van der Waals surface area (Å²) in [6, 6.07) is 0. The molecule has 0 heterocycles. The van der Waals surface area contributed by atoms with E-state index in [0.29, 0.717) is 6.61 Å². The van der Waals surface area contributed by atoms with Gasteiger partial charge in [-0.1, -0.05) is 32.6 Å². The summed E-state index contributed by atoms with van der Waals surface area (Å²) in [5, 5.41) is 0.786. The van der Waals surface area contributed by atoms with E-state index in [1.54, 1.807) is 0 Å². The van der Waals surface area contributed by atoms with E-state index in [1.165, 1.54) is 32.1 Å². The Kier molecular flexibility index (Phi) is 8.90. The lowest BCUT2D eigenvalue weighted by atomic mass is 10.1. The van der Waals surface area contributed by atoms with Gasteiger partial charge in [0.05, 0.1) is 6.61 Å². The molecule has 0 aromatic heterocycles. The van der Waals surface area contributed by atoms with Crippen LogP contribution in [-0.2, 0) is 4.74 Å². The average Bonchev–Trinajstić information content (AvgIpc) is 2.05. The average molecular weight is 188 g/mol. The van der Waals surface area contributed by atoms with Gasteiger partial charge in [0.25, 0.3) is 0 Å². The number of rotatable bonds is 7. The van der Waals surface area contributed by atoms with E-state index in [0.717, 1.165) is 11.5 Å². The van der Waals surface area contributed by atoms with Crippen LogP contribution in [0.5, 0.6) is 0 Å². The van der Waals surface area contributed by atoms with Crippen LogP contribution in [0.2, 0.25) is 0 Å². The third kappa shape index (κ3) is 7.99. The molecule has 0 aromatic rings. The van der Waals surface area contributed by atoms with Crippen molar-refractivity contribution in [2.45, 2.75) is 52.4 Å². The Morgan fingerprint density at radius 1 is 1.08 bits per heavy atom. The van der Waals surface area contributed by atoms with Gasteiger partial charge in [0, 0.05) is 6.42 Å². The first-order valence-electron chi connectivity index (χ1n) is 4.96. The standard InChI is InChI=1S/C10H20OS/c1-3-5-6-7-8-9-10(12)11-4-2/h3-9H2,1-2H3. The van der Waals surface area contributed by atoms with Gasteiger partial charge >= 0.3 is 0 Å². The minimum atomic E-state index is 0.716. The van der Waals surface area contributed by atoms with Gasteiger partial charge in [-0.2, -0.15) is 0 Å². The zero-order chi connectivity index (χ0) is 9.23. The number of ether oxygens (including phenoxy) is 1. The number of unbranched alkanes of at least 4 members (excludes halogenated alkanes) is 4. The molecule has 0 rings (SSSR count). The van der Waals surface area contributed by atoms with Gasteiger partial charge in [-0.05, 0) is 25.6 Å². The molecule has 0 aliphatic carbocycles. The highest BCUT2D eigenvalue weighted by molar-refractivity contribution is 7.80. The Hall–Kier alpha value is -0.110. The smallest absolute Gasteiger partial charge is 0.159 e. The summed E-state index contributed by atoms with van der Waals surface area (Å²) in [6.45, 7) is 4.92. The van der Waals surface area contributed by atoms with Crippen molar-refractivity contribution in [3.05, 3.63) is 0 Å². The maximum absolute atomic E-state index is 5.18. The zero-order valence-corrected chi connectivity index (χ0v) is 9.08. The molecule has 0 aliphatic rings. The molecule has 1 nitrogen and oxygen atoms in total. The molecule has 0 atom stereocenters. The van der Waals surface area contributed by atoms with Crippen LogP contribution in [0.25, 0.3) is 0 Å². The molecule has 0 unspecified atom stereocenters. The molecule has 72 valence electrons. The fourth-order valence-corrected chi connectivity index (χ4v) is 1.37. The van der Waals surface area contributed by atoms with E-state index in [4.69, 9.17) is 17.0 Å². The van der Waals surface area contributed by atoms with E-state index < -0.39 is 0 Å². The lowest BCUT2D eigenvalue weighted by Crippen LogP contribution is -2.00. The summed E-state index contributed by atoms with van der Waals surface area (Å²) in [5.41, 5.74) is 0. The molecule has 0 bridgehead atoms. The van der Waals surface area contributed by atoms with E-state index in [-0.39, 0.29) is 0 Å². The molecule has 0 aliphatic heterocycles. The molecule has 0 radical (unpaired) electrons. The van der Waals surface area contributed by atoms with Crippen LogP contribution in [0.4, 0.5) is 0 Å². The number of hydrogen-bond acceptors (Lipinski definition) is 2. The largest absolute Gasteiger partial charge is 0.487 e. The van der Waals surface area contributed by atoms with E-state index in [9.17, 15) is 0 Å². The van der Waals surface area contributed by atoms with Crippen LogP contribution in [0.15, 0.2) is 0 Å². The Labute approximate surface area is 81.5 Å². The summed E-state index contributed by atoms with van der Waals surface area (Å²) >= 11 is 5.01. The quantitative estimate of drug-likeness (QED) is 0.445. The minimum Gasteiger partial charge on any atom is -0.487 e. The third-order valence-electron chi connectivity index (χ3n) is 1.79. The molecule has 2 heteroatoms. The molecule has 12 heavy (non-hydrogen) atoms. The molecular formula is C10H20OS. The van der Waals surface area contributed by atoms with Crippen LogP contribution in [0.3, 0.4) is 0 Å². The van der Waals surface area contributed by atoms with Crippen molar-refractivity contribution < 1.29 is 4.74 Å².